The Morgan fingerprint density at radius 1 is 0.750 bits per heavy atom. The summed E-state index contributed by atoms with van der Waals surface area (Å²) in [7, 11) is 0. The van der Waals surface area contributed by atoms with Gasteiger partial charge in [-0.1, -0.05) is 141 Å². The summed E-state index contributed by atoms with van der Waals surface area (Å²) in [4.78, 5) is 12.1. The molecule has 0 spiro atoms. The van der Waals surface area contributed by atoms with E-state index in [1.54, 1.807) is 0 Å². The molecule has 0 aromatic heterocycles. The third kappa shape index (κ3) is 14.0. The van der Waals surface area contributed by atoms with Gasteiger partial charge in [0.15, 0.2) is 0 Å². The minimum absolute atomic E-state index is 0.144. The van der Waals surface area contributed by atoms with Crippen molar-refractivity contribution < 1.29 is 9.90 Å². The minimum atomic E-state index is -0.626. The molecule has 0 fully saturated rings. The van der Waals surface area contributed by atoms with Crippen LogP contribution in [0.2, 0.25) is 0 Å². The molecule has 0 aliphatic carbocycles. The smallest absolute Gasteiger partial charge is 0.306 e. The Kier molecular flexibility index (Phi) is 16.3. The zero-order valence-corrected chi connectivity index (χ0v) is 21.5. The largest absolute Gasteiger partial charge is 0.481 e. The van der Waals surface area contributed by atoms with E-state index >= 15 is 0 Å². The fourth-order valence-corrected chi connectivity index (χ4v) is 5.09. The molecule has 0 aliphatic heterocycles. The van der Waals surface area contributed by atoms with Crippen LogP contribution in [0.5, 0.6) is 0 Å². The second-order valence-electron chi connectivity index (χ2n) is 10.5. The molecule has 1 aromatic rings. The van der Waals surface area contributed by atoms with Gasteiger partial charge in [0.05, 0.1) is 5.92 Å². The summed E-state index contributed by atoms with van der Waals surface area (Å²) in [6, 6.07) is 10.2. The monoisotopic (exact) mass is 444 g/mol. The molecule has 184 valence electrons. The predicted octanol–water partition coefficient (Wildman–Crippen LogP) is 9.61. The highest BCUT2D eigenvalue weighted by molar-refractivity contribution is 5.70. The lowest BCUT2D eigenvalue weighted by Crippen LogP contribution is -2.27. The third-order valence-electron chi connectivity index (χ3n) is 7.18. The quantitative estimate of drug-likeness (QED) is 0.192. The normalized spacial score (nSPS) is 14.2. The second kappa shape index (κ2) is 18.2. The highest BCUT2D eigenvalue weighted by Crippen LogP contribution is 2.38. The minimum Gasteiger partial charge on any atom is -0.481 e. The van der Waals surface area contributed by atoms with Crippen molar-refractivity contribution in [3.05, 3.63) is 35.9 Å². The van der Waals surface area contributed by atoms with Crippen LogP contribution in [0, 0.1) is 11.3 Å². The molecule has 1 N–H and O–H groups in total. The number of benzene rings is 1. The molecule has 0 saturated carbocycles. The second-order valence-corrected chi connectivity index (χ2v) is 10.5. The van der Waals surface area contributed by atoms with Crippen molar-refractivity contribution in [1.82, 2.24) is 0 Å². The van der Waals surface area contributed by atoms with E-state index in [9.17, 15) is 9.90 Å². The van der Waals surface area contributed by atoms with Gasteiger partial charge in [-0.2, -0.15) is 0 Å². The maximum Gasteiger partial charge on any atom is 0.306 e. The maximum absolute atomic E-state index is 12.1. The molecular formula is C30H52O2. The van der Waals surface area contributed by atoms with Crippen LogP contribution in [0.4, 0.5) is 0 Å². The fourth-order valence-electron chi connectivity index (χ4n) is 5.09. The van der Waals surface area contributed by atoms with E-state index in [1.807, 2.05) is 18.2 Å². The molecule has 0 aliphatic rings. The Morgan fingerprint density at radius 3 is 1.62 bits per heavy atom. The topological polar surface area (TPSA) is 37.3 Å². The van der Waals surface area contributed by atoms with Crippen molar-refractivity contribution >= 4 is 5.97 Å². The van der Waals surface area contributed by atoms with Gasteiger partial charge in [0, 0.05) is 0 Å². The first-order valence-corrected chi connectivity index (χ1v) is 13.8. The molecule has 2 heteroatoms. The van der Waals surface area contributed by atoms with E-state index in [4.69, 9.17) is 0 Å². The Hall–Kier alpha value is -1.31. The summed E-state index contributed by atoms with van der Waals surface area (Å²) in [5.41, 5.74) is 1.29. The van der Waals surface area contributed by atoms with E-state index in [2.05, 4.69) is 32.9 Å². The Balaban J connectivity index is 2.58. The molecule has 0 heterocycles. The van der Waals surface area contributed by atoms with Crippen LogP contribution in [-0.2, 0) is 11.2 Å². The van der Waals surface area contributed by atoms with Gasteiger partial charge in [0.1, 0.15) is 0 Å². The summed E-state index contributed by atoms with van der Waals surface area (Å²) < 4.78 is 0. The van der Waals surface area contributed by atoms with E-state index in [-0.39, 0.29) is 11.3 Å². The lowest BCUT2D eigenvalue weighted by Gasteiger charge is -2.33. The van der Waals surface area contributed by atoms with Crippen LogP contribution in [0.1, 0.15) is 135 Å². The summed E-state index contributed by atoms with van der Waals surface area (Å²) in [6.45, 7) is 6.91. The Morgan fingerprint density at radius 2 is 1.19 bits per heavy atom. The molecule has 0 amide bonds. The van der Waals surface area contributed by atoms with Crippen LogP contribution in [-0.4, -0.2) is 11.1 Å². The molecule has 0 saturated heterocycles. The number of rotatable bonds is 21. The molecule has 0 radical (unpaired) electrons. The van der Waals surface area contributed by atoms with E-state index < -0.39 is 5.97 Å². The number of hydrogen-bond donors (Lipinski definition) is 1. The van der Waals surface area contributed by atoms with Gasteiger partial charge in [0.25, 0.3) is 0 Å². The predicted molar refractivity (Wildman–Crippen MR) is 139 cm³/mol. The van der Waals surface area contributed by atoms with Crippen LogP contribution in [0.15, 0.2) is 30.3 Å². The van der Waals surface area contributed by atoms with Crippen molar-refractivity contribution in [2.45, 2.75) is 136 Å². The van der Waals surface area contributed by atoms with Gasteiger partial charge in [-0.05, 0) is 36.7 Å². The Labute approximate surface area is 199 Å². The summed E-state index contributed by atoms with van der Waals surface area (Å²) in [5.74, 6) is -0.907. The van der Waals surface area contributed by atoms with Crippen molar-refractivity contribution in [2.24, 2.45) is 11.3 Å². The Bertz CT molecular complexity index is 567. The maximum atomic E-state index is 12.1. The molecular weight excluding hydrogens is 392 g/mol. The van der Waals surface area contributed by atoms with Crippen molar-refractivity contribution in [3.8, 4) is 0 Å². The summed E-state index contributed by atoms with van der Waals surface area (Å²) in [6.07, 6.45) is 22.3. The average molecular weight is 445 g/mol. The van der Waals surface area contributed by atoms with Gasteiger partial charge < -0.3 is 5.11 Å². The molecule has 2 nitrogen and oxygen atoms in total. The molecule has 0 bridgehead atoms. The van der Waals surface area contributed by atoms with Crippen LogP contribution in [0.25, 0.3) is 0 Å². The average Bonchev–Trinajstić information content (AvgIpc) is 2.78. The van der Waals surface area contributed by atoms with Crippen molar-refractivity contribution in [3.63, 3.8) is 0 Å². The van der Waals surface area contributed by atoms with Gasteiger partial charge in [-0.15, -0.1) is 0 Å². The molecule has 2 unspecified atom stereocenters. The summed E-state index contributed by atoms with van der Waals surface area (Å²) in [5, 5.41) is 9.98. The SMILES string of the molecule is CCCCCCCCCCC(C)(CCCCCCCC)CC(Cc1ccccc1)C(=O)O. The van der Waals surface area contributed by atoms with E-state index in [0.29, 0.717) is 6.42 Å². The zero-order chi connectivity index (χ0) is 23.5. The van der Waals surface area contributed by atoms with Crippen molar-refractivity contribution in [1.29, 1.82) is 0 Å². The number of hydrogen-bond acceptors (Lipinski definition) is 1. The van der Waals surface area contributed by atoms with E-state index in [0.717, 1.165) is 12.0 Å². The summed E-state index contributed by atoms with van der Waals surface area (Å²) >= 11 is 0. The van der Waals surface area contributed by atoms with Gasteiger partial charge in [-0.3, -0.25) is 4.79 Å². The lowest BCUT2D eigenvalue weighted by atomic mass is 9.72. The molecule has 1 rings (SSSR count). The first-order valence-electron chi connectivity index (χ1n) is 13.8. The first-order chi connectivity index (χ1) is 15.5. The number of aliphatic carboxylic acids is 1. The fraction of sp³-hybridized carbons (Fsp3) is 0.767. The van der Waals surface area contributed by atoms with Gasteiger partial charge >= 0.3 is 5.97 Å². The number of carbonyl (C=O) groups is 1. The molecule has 1 aromatic carbocycles. The first kappa shape index (κ1) is 28.7. The van der Waals surface area contributed by atoms with E-state index in [1.165, 1.54) is 103 Å². The van der Waals surface area contributed by atoms with Crippen LogP contribution in [0.3, 0.4) is 0 Å². The van der Waals surface area contributed by atoms with Crippen molar-refractivity contribution in [2.75, 3.05) is 0 Å². The standard InChI is InChI=1S/C30H52O2/c1-4-6-8-10-12-13-15-20-24-30(3,23-19-14-11-9-7-5-2)26-28(29(31)32)25-27-21-17-16-18-22-27/h16-18,21-22,28H,4-15,19-20,23-26H2,1-3H3,(H,31,32). The number of carboxylic acids is 1. The molecule has 32 heavy (non-hydrogen) atoms. The number of carboxylic acid groups (broad SMARTS) is 1. The van der Waals surface area contributed by atoms with Crippen LogP contribution < -0.4 is 0 Å². The highest BCUT2D eigenvalue weighted by atomic mass is 16.4. The molecule has 2 atom stereocenters. The lowest BCUT2D eigenvalue weighted by molar-refractivity contribution is -0.143. The highest BCUT2D eigenvalue weighted by Gasteiger charge is 2.31. The third-order valence-corrected chi connectivity index (χ3v) is 7.18. The number of unbranched alkanes of at least 4 members (excludes halogenated alkanes) is 12. The van der Waals surface area contributed by atoms with Crippen LogP contribution >= 0.6 is 0 Å². The van der Waals surface area contributed by atoms with Gasteiger partial charge in [-0.25, -0.2) is 0 Å². The van der Waals surface area contributed by atoms with Gasteiger partial charge in [0.2, 0.25) is 0 Å². The zero-order valence-electron chi connectivity index (χ0n) is 21.5.